The number of carbonyl (C=O) groups excluding carboxylic acids is 1. The first-order chi connectivity index (χ1) is 12.1. The first kappa shape index (κ1) is 15.3. The van der Waals surface area contributed by atoms with Crippen molar-refractivity contribution in [3.63, 3.8) is 0 Å². The third-order valence-electron chi connectivity index (χ3n) is 4.15. The van der Waals surface area contributed by atoms with E-state index in [9.17, 15) is 9.90 Å². The van der Waals surface area contributed by atoms with Gasteiger partial charge in [-0.1, -0.05) is 0 Å². The minimum Gasteiger partial charge on any atom is -0.508 e. The average molecular weight is 338 g/mol. The zero-order chi connectivity index (χ0) is 17.4. The molecule has 1 aromatic carbocycles. The number of aromatic nitrogens is 3. The predicted molar refractivity (Wildman–Crippen MR) is 94.6 cm³/mol. The SMILES string of the molecule is CNc1cc2nc3c(cnn13)C(=O)NCCCc1cc(O)cc(c1)N2. The Morgan fingerprint density at radius 1 is 1.28 bits per heavy atom. The summed E-state index contributed by atoms with van der Waals surface area (Å²) in [5, 5.41) is 23.4. The number of nitrogens with one attached hydrogen (secondary N) is 3. The van der Waals surface area contributed by atoms with Gasteiger partial charge in [0.25, 0.3) is 5.91 Å². The number of phenols is 1. The van der Waals surface area contributed by atoms with Crippen molar-refractivity contribution >= 4 is 28.9 Å². The second-order valence-corrected chi connectivity index (χ2v) is 5.94. The standard InChI is InChI=1S/C17H18N6O2/c1-18-15-8-14-21-11-5-10(6-12(24)7-11)3-2-4-19-17(25)13-9-20-23(15)16(13)22-14/h5-9,18,24H,2-4H2,1H3,(H,19,25)(H,21,22). The van der Waals surface area contributed by atoms with Gasteiger partial charge in [-0.25, -0.2) is 4.98 Å². The number of nitrogens with zero attached hydrogens (tertiary/aromatic N) is 3. The Morgan fingerprint density at radius 2 is 2.16 bits per heavy atom. The fraction of sp³-hybridized carbons (Fsp3) is 0.235. The molecule has 0 radical (unpaired) electrons. The fourth-order valence-electron chi connectivity index (χ4n) is 2.99. The molecule has 0 saturated heterocycles. The van der Waals surface area contributed by atoms with E-state index in [2.05, 4.69) is 26.0 Å². The third kappa shape index (κ3) is 2.82. The van der Waals surface area contributed by atoms with Crippen molar-refractivity contribution in [2.45, 2.75) is 12.8 Å². The van der Waals surface area contributed by atoms with Crippen LogP contribution in [-0.4, -0.2) is 39.2 Å². The highest BCUT2D eigenvalue weighted by Crippen LogP contribution is 2.26. The molecule has 8 nitrogen and oxygen atoms in total. The largest absolute Gasteiger partial charge is 0.508 e. The summed E-state index contributed by atoms with van der Waals surface area (Å²) >= 11 is 0. The minimum atomic E-state index is -0.199. The molecule has 0 aliphatic carbocycles. The molecule has 4 N–H and O–H groups in total. The maximum absolute atomic E-state index is 12.5. The van der Waals surface area contributed by atoms with Gasteiger partial charge in [0.2, 0.25) is 0 Å². The lowest BCUT2D eigenvalue weighted by atomic mass is 10.1. The lowest BCUT2D eigenvalue weighted by molar-refractivity contribution is 0.0954. The minimum absolute atomic E-state index is 0.193. The Kier molecular flexibility index (Phi) is 3.64. The quantitative estimate of drug-likeness (QED) is 0.540. The molecular formula is C17H18N6O2. The zero-order valence-corrected chi connectivity index (χ0v) is 13.7. The molecule has 0 spiro atoms. The number of rotatable bonds is 1. The molecule has 25 heavy (non-hydrogen) atoms. The maximum Gasteiger partial charge on any atom is 0.256 e. The summed E-state index contributed by atoms with van der Waals surface area (Å²) in [6.45, 7) is 0.535. The van der Waals surface area contributed by atoms with Crippen LogP contribution in [-0.2, 0) is 6.42 Å². The number of phenolic OH excluding ortho intramolecular Hbond substituents is 1. The molecular weight excluding hydrogens is 320 g/mol. The van der Waals surface area contributed by atoms with Crippen molar-refractivity contribution in [1.29, 1.82) is 0 Å². The van der Waals surface area contributed by atoms with Crippen molar-refractivity contribution in [3.05, 3.63) is 41.6 Å². The summed E-state index contributed by atoms with van der Waals surface area (Å²) in [4.78, 5) is 17.0. The lowest BCUT2D eigenvalue weighted by Crippen LogP contribution is -2.24. The van der Waals surface area contributed by atoms with Gasteiger partial charge >= 0.3 is 0 Å². The summed E-state index contributed by atoms with van der Waals surface area (Å²) in [7, 11) is 1.78. The summed E-state index contributed by atoms with van der Waals surface area (Å²) in [6.07, 6.45) is 3.04. The first-order valence-electron chi connectivity index (χ1n) is 8.09. The average Bonchev–Trinajstić information content (AvgIpc) is 3.00. The summed E-state index contributed by atoms with van der Waals surface area (Å²) < 4.78 is 1.59. The van der Waals surface area contributed by atoms with E-state index in [-0.39, 0.29) is 11.7 Å². The number of fused-ring (bicyclic) bond motifs is 3. The molecule has 8 heteroatoms. The second kappa shape index (κ2) is 5.97. The van der Waals surface area contributed by atoms with Crippen LogP contribution < -0.4 is 16.0 Å². The molecule has 1 aliphatic heterocycles. The lowest BCUT2D eigenvalue weighted by Gasteiger charge is -2.11. The van der Waals surface area contributed by atoms with Crippen LogP contribution in [0.1, 0.15) is 22.3 Å². The van der Waals surface area contributed by atoms with Crippen LogP contribution in [0, 0.1) is 0 Å². The first-order valence-corrected chi connectivity index (χ1v) is 8.09. The molecule has 3 heterocycles. The molecule has 0 atom stereocenters. The molecule has 2 aromatic heterocycles. The van der Waals surface area contributed by atoms with Crippen LogP contribution in [0.5, 0.6) is 5.75 Å². The molecule has 0 unspecified atom stereocenters. The molecule has 0 saturated carbocycles. The van der Waals surface area contributed by atoms with Crippen LogP contribution in [0.4, 0.5) is 17.3 Å². The van der Waals surface area contributed by atoms with E-state index in [0.717, 1.165) is 24.1 Å². The molecule has 4 bridgehead atoms. The highest BCUT2D eigenvalue weighted by Gasteiger charge is 2.17. The normalized spacial score (nSPS) is 14.2. The van der Waals surface area contributed by atoms with Crippen LogP contribution >= 0.6 is 0 Å². The van der Waals surface area contributed by atoms with Gasteiger partial charge in [-0.05, 0) is 30.5 Å². The molecule has 1 amide bonds. The number of carbonyl (C=O) groups is 1. The Hall–Kier alpha value is -3.29. The predicted octanol–water partition coefficient (Wildman–Crippen LogP) is 1.90. The van der Waals surface area contributed by atoms with Gasteiger partial charge in [0.15, 0.2) is 5.65 Å². The van der Waals surface area contributed by atoms with E-state index in [1.54, 1.807) is 29.8 Å². The van der Waals surface area contributed by atoms with Crippen molar-refractivity contribution in [2.75, 3.05) is 24.2 Å². The van der Waals surface area contributed by atoms with Crippen LogP contribution in [0.15, 0.2) is 30.5 Å². The fourth-order valence-corrected chi connectivity index (χ4v) is 2.99. The summed E-state index contributed by atoms with van der Waals surface area (Å²) in [5.41, 5.74) is 2.63. The Balaban J connectivity index is 1.89. The smallest absolute Gasteiger partial charge is 0.256 e. The molecule has 128 valence electrons. The van der Waals surface area contributed by atoms with Gasteiger partial charge in [-0.3, -0.25) is 4.79 Å². The van der Waals surface area contributed by atoms with Crippen molar-refractivity contribution in [3.8, 4) is 5.75 Å². The Morgan fingerprint density at radius 3 is 3.00 bits per heavy atom. The Bertz CT molecular complexity index is 965. The maximum atomic E-state index is 12.5. The van der Waals surface area contributed by atoms with E-state index in [0.29, 0.717) is 29.4 Å². The van der Waals surface area contributed by atoms with E-state index >= 15 is 0 Å². The van der Waals surface area contributed by atoms with E-state index in [1.165, 1.54) is 6.20 Å². The summed E-state index contributed by atoms with van der Waals surface area (Å²) in [6, 6.07) is 7.15. The van der Waals surface area contributed by atoms with Gasteiger partial charge in [-0.2, -0.15) is 9.61 Å². The van der Waals surface area contributed by atoms with Crippen molar-refractivity contribution < 1.29 is 9.90 Å². The number of aryl methyl sites for hydroxylation is 1. The van der Waals surface area contributed by atoms with Gasteiger partial charge in [0.05, 0.1) is 6.20 Å². The summed E-state index contributed by atoms with van der Waals surface area (Å²) in [5.74, 6) is 1.25. The third-order valence-corrected chi connectivity index (χ3v) is 4.15. The van der Waals surface area contributed by atoms with E-state index in [1.807, 2.05) is 6.07 Å². The van der Waals surface area contributed by atoms with Gasteiger partial charge in [0, 0.05) is 31.4 Å². The van der Waals surface area contributed by atoms with Crippen LogP contribution in [0.3, 0.4) is 0 Å². The van der Waals surface area contributed by atoms with Gasteiger partial charge in [0.1, 0.15) is 22.9 Å². The second-order valence-electron chi connectivity index (χ2n) is 5.94. The number of benzene rings is 1. The van der Waals surface area contributed by atoms with Crippen molar-refractivity contribution in [2.24, 2.45) is 0 Å². The molecule has 4 rings (SSSR count). The highest BCUT2D eigenvalue weighted by atomic mass is 16.3. The molecule has 1 aliphatic rings. The highest BCUT2D eigenvalue weighted by molar-refractivity contribution is 6.00. The topological polar surface area (TPSA) is 104 Å². The zero-order valence-electron chi connectivity index (χ0n) is 13.7. The number of aromatic hydroxyl groups is 1. The van der Waals surface area contributed by atoms with Crippen LogP contribution in [0.25, 0.3) is 5.65 Å². The van der Waals surface area contributed by atoms with E-state index in [4.69, 9.17) is 0 Å². The monoisotopic (exact) mass is 338 g/mol. The molecule has 0 fully saturated rings. The number of hydrogen-bond donors (Lipinski definition) is 4. The Labute approximate surface area is 143 Å². The number of anilines is 3. The number of hydrogen-bond acceptors (Lipinski definition) is 6. The van der Waals surface area contributed by atoms with Gasteiger partial charge < -0.3 is 21.1 Å². The number of amides is 1. The van der Waals surface area contributed by atoms with Crippen LogP contribution in [0.2, 0.25) is 0 Å². The molecule has 3 aromatic rings. The van der Waals surface area contributed by atoms with E-state index < -0.39 is 0 Å². The van der Waals surface area contributed by atoms with Gasteiger partial charge in [-0.15, -0.1) is 0 Å². The van der Waals surface area contributed by atoms with Crippen molar-refractivity contribution in [1.82, 2.24) is 19.9 Å².